The Hall–Kier alpha value is -1.19. The number of hydrogen-bond acceptors (Lipinski definition) is 5. The normalized spacial score (nSPS) is 11.4. The number of unbranched alkanes of at least 4 members (excludes halogenated alkanes) is 12. The van der Waals surface area contributed by atoms with Crippen molar-refractivity contribution in [3.63, 3.8) is 0 Å². The van der Waals surface area contributed by atoms with Crippen LogP contribution in [0.25, 0.3) is 0 Å². The van der Waals surface area contributed by atoms with Gasteiger partial charge in [0.05, 0.1) is 5.75 Å². The summed E-state index contributed by atoms with van der Waals surface area (Å²) in [6.45, 7) is 0.511. The van der Waals surface area contributed by atoms with Gasteiger partial charge in [-0.05, 0) is 19.3 Å². The molecule has 0 spiro atoms. The van der Waals surface area contributed by atoms with Gasteiger partial charge >= 0.3 is 0 Å². The van der Waals surface area contributed by atoms with Crippen molar-refractivity contribution in [3.05, 3.63) is 0 Å². The number of nitrogens with two attached hydrogens (primary N) is 1. The molecular formula is C20H41N3O5S. The summed E-state index contributed by atoms with van der Waals surface area (Å²) in [5.74, 6) is 4.70. The van der Waals surface area contributed by atoms with Crippen molar-refractivity contribution >= 4 is 21.9 Å². The molecule has 0 aliphatic rings. The predicted molar refractivity (Wildman–Crippen MR) is 116 cm³/mol. The zero-order valence-electron chi connectivity index (χ0n) is 17.8. The van der Waals surface area contributed by atoms with E-state index in [1.165, 1.54) is 38.5 Å². The van der Waals surface area contributed by atoms with E-state index in [1.807, 2.05) is 0 Å². The van der Waals surface area contributed by atoms with E-state index in [1.54, 1.807) is 0 Å². The highest BCUT2D eigenvalue weighted by Crippen LogP contribution is 2.13. The van der Waals surface area contributed by atoms with Gasteiger partial charge in [0.1, 0.15) is 0 Å². The highest BCUT2D eigenvalue weighted by atomic mass is 32.2. The largest absolute Gasteiger partial charge is 0.356 e. The minimum Gasteiger partial charge on any atom is -0.356 e. The summed E-state index contributed by atoms with van der Waals surface area (Å²) in [5.41, 5.74) is 2.06. The second-order valence-electron chi connectivity index (χ2n) is 7.65. The van der Waals surface area contributed by atoms with Crippen LogP contribution >= 0.6 is 0 Å². The van der Waals surface area contributed by atoms with E-state index in [9.17, 15) is 18.0 Å². The van der Waals surface area contributed by atoms with Crippen molar-refractivity contribution in [3.8, 4) is 0 Å². The molecule has 172 valence electrons. The second kappa shape index (κ2) is 18.8. The molecule has 0 rings (SSSR count). The topological polar surface area (TPSA) is 139 Å². The van der Waals surface area contributed by atoms with Crippen molar-refractivity contribution in [2.24, 2.45) is 5.84 Å². The van der Waals surface area contributed by atoms with E-state index in [2.05, 4.69) is 10.7 Å². The minimum atomic E-state index is -3.79. The van der Waals surface area contributed by atoms with Gasteiger partial charge in [-0.15, -0.1) is 0 Å². The van der Waals surface area contributed by atoms with Crippen LogP contribution in [0.4, 0.5) is 0 Å². The Labute approximate surface area is 176 Å². The lowest BCUT2D eigenvalue weighted by Gasteiger charge is -2.05. The third kappa shape index (κ3) is 23.0. The van der Waals surface area contributed by atoms with Crippen LogP contribution < -0.4 is 16.6 Å². The summed E-state index contributed by atoms with van der Waals surface area (Å²) in [7, 11) is -3.79. The number of nitrogens with one attached hydrogen (secondary N) is 2. The number of hydrogen-bond donors (Lipinski definition) is 4. The molecule has 5 N–H and O–H groups in total. The van der Waals surface area contributed by atoms with Crippen LogP contribution in [0.2, 0.25) is 0 Å². The van der Waals surface area contributed by atoms with Crippen molar-refractivity contribution in [1.82, 2.24) is 10.7 Å². The molecule has 0 saturated heterocycles. The maximum atomic E-state index is 11.6. The summed E-state index contributed by atoms with van der Waals surface area (Å²) in [6, 6.07) is 0. The first kappa shape index (κ1) is 27.8. The lowest BCUT2D eigenvalue weighted by Crippen LogP contribution is -2.31. The predicted octanol–water partition coefficient (Wildman–Crippen LogP) is 3.22. The Morgan fingerprint density at radius 1 is 0.655 bits per heavy atom. The summed E-state index contributed by atoms with van der Waals surface area (Å²) in [5, 5.41) is 2.82. The number of amides is 2. The second-order valence-corrected chi connectivity index (χ2v) is 9.23. The number of carbonyl (C=O) groups is 2. The van der Waals surface area contributed by atoms with E-state index >= 15 is 0 Å². The molecule has 0 bridgehead atoms. The quantitative estimate of drug-likeness (QED) is 0.0761. The van der Waals surface area contributed by atoms with Crippen LogP contribution in [0.5, 0.6) is 0 Å². The minimum absolute atomic E-state index is 0.0520. The summed E-state index contributed by atoms with van der Waals surface area (Å²) in [6.07, 6.45) is 15.6. The number of carbonyl (C=O) groups excluding carboxylic acids is 2. The van der Waals surface area contributed by atoms with Gasteiger partial charge in [-0.1, -0.05) is 70.6 Å². The van der Waals surface area contributed by atoms with Gasteiger partial charge in [0, 0.05) is 19.4 Å². The van der Waals surface area contributed by atoms with Crippen molar-refractivity contribution in [1.29, 1.82) is 0 Å². The Balaban J connectivity index is 3.21. The third-order valence-corrected chi connectivity index (χ3v) is 5.67. The van der Waals surface area contributed by atoms with E-state index in [0.29, 0.717) is 32.2 Å². The lowest BCUT2D eigenvalue weighted by molar-refractivity contribution is -0.123. The van der Waals surface area contributed by atoms with Gasteiger partial charge in [0.15, 0.2) is 0 Å². The standard InChI is InChI=1S/C20H41N3O5S/c21-23-20(25)16-14-17-22-19(24)15-12-10-8-6-4-2-1-3-5-7-9-11-13-18-29(26,27)28/h1-18,21H2,(H,22,24)(H,23,25)(H,26,27,28). The molecule has 0 saturated carbocycles. The summed E-state index contributed by atoms with van der Waals surface area (Å²) < 4.78 is 29.8. The van der Waals surface area contributed by atoms with E-state index < -0.39 is 10.1 Å². The fourth-order valence-corrected chi connectivity index (χ4v) is 3.72. The highest BCUT2D eigenvalue weighted by Gasteiger charge is 2.03. The van der Waals surface area contributed by atoms with Crippen LogP contribution in [0, 0.1) is 0 Å². The molecule has 0 aliphatic carbocycles. The van der Waals surface area contributed by atoms with Gasteiger partial charge < -0.3 is 5.32 Å². The summed E-state index contributed by atoms with van der Waals surface area (Å²) >= 11 is 0. The Bertz CT molecular complexity index is 526. The third-order valence-electron chi connectivity index (χ3n) is 4.87. The first-order valence-corrected chi connectivity index (χ1v) is 12.7. The van der Waals surface area contributed by atoms with Gasteiger partial charge in [-0.3, -0.25) is 19.6 Å². The molecule has 0 aromatic heterocycles. The molecule has 0 atom stereocenters. The smallest absolute Gasteiger partial charge is 0.264 e. The molecule has 2 amide bonds. The highest BCUT2D eigenvalue weighted by molar-refractivity contribution is 7.85. The molecule has 0 aliphatic heterocycles. The van der Waals surface area contributed by atoms with Crippen LogP contribution in [0.3, 0.4) is 0 Å². The first-order chi connectivity index (χ1) is 13.8. The number of hydrazine groups is 1. The molecule has 0 radical (unpaired) electrons. The average Bonchev–Trinajstić information content (AvgIpc) is 2.67. The van der Waals surface area contributed by atoms with Crippen molar-refractivity contribution < 1.29 is 22.6 Å². The summed E-state index contributed by atoms with van der Waals surface area (Å²) in [4.78, 5) is 22.6. The van der Waals surface area contributed by atoms with Crippen molar-refractivity contribution in [2.75, 3.05) is 12.3 Å². The molecule has 29 heavy (non-hydrogen) atoms. The molecule has 0 aromatic carbocycles. The van der Waals surface area contributed by atoms with Gasteiger partial charge in [0.25, 0.3) is 10.1 Å². The fraction of sp³-hybridized carbons (Fsp3) is 0.900. The molecule has 8 nitrogen and oxygen atoms in total. The van der Waals surface area contributed by atoms with Crippen LogP contribution in [-0.4, -0.2) is 37.1 Å². The van der Waals surface area contributed by atoms with Crippen LogP contribution in [0.15, 0.2) is 0 Å². The molecule has 0 aromatic rings. The van der Waals surface area contributed by atoms with Crippen molar-refractivity contribution in [2.45, 2.75) is 103 Å². The maximum absolute atomic E-state index is 11.6. The monoisotopic (exact) mass is 435 g/mol. The van der Waals surface area contributed by atoms with Crippen LogP contribution in [0.1, 0.15) is 103 Å². The van der Waals surface area contributed by atoms with E-state index in [0.717, 1.165) is 38.5 Å². The average molecular weight is 436 g/mol. The Morgan fingerprint density at radius 2 is 1.07 bits per heavy atom. The lowest BCUT2D eigenvalue weighted by atomic mass is 10.0. The van der Waals surface area contributed by atoms with Gasteiger partial charge in [-0.2, -0.15) is 8.42 Å². The molecule has 0 heterocycles. The van der Waals surface area contributed by atoms with Gasteiger partial charge in [0.2, 0.25) is 11.8 Å². The molecule has 9 heteroatoms. The Morgan fingerprint density at radius 3 is 1.52 bits per heavy atom. The zero-order valence-corrected chi connectivity index (χ0v) is 18.6. The van der Waals surface area contributed by atoms with Gasteiger partial charge in [-0.25, -0.2) is 5.84 Å². The molecule has 0 fully saturated rings. The van der Waals surface area contributed by atoms with E-state index in [-0.39, 0.29) is 17.6 Å². The van der Waals surface area contributed by atoms with E-state index in [4.69, 9.17) is 10.4 Å². The number of rotatable bonds is 20. The maximum Gasteiger partial charge on any atom is 0.264 e. The Kier molecular flexibility index (Phi) is 18.0. The van der Waals surface area contributed by atoms with Crippen LogP contribution in [-0.2, 0) is 19.7 Å². The fourth-order valence-electron chi connectivity index (χ4n) is 3.15. The SMILES string of the molecule is NNC(=O)CCCNC(=O)CCCCCCCCCCCCCCCS(=O)(=O)O. The zero-order chi connectivity index (χ0) is 21.8. The first-order valence-electron chi connectivity index (χ1n) is 11.1. The molecular weight excluding hydrogens is 394 g/mol. The molecule has 0 unspecified atom stereocenters.